The van der Waals surface area contributed by atoms with E-state index in [2.05, 4.69) is 5.32 Å². The van der Waals surface area contributed by atoms with Crippen LogP contribution in [0.1, 0.15) is 35.6 Å². The summed E-state index contributed by atoms with van der Waals surface area (Å²) in [5, 5.41) is 3.66. The average Bonchev–Trinajstić information content (AvgIpc) is 2.65. The Kier molecular flexibility index (Phi) is 7.90. The summed E-state index contributed by atoms with van der Waals surface area (Å²) in [6.45, 7) is 6.19. The minimum absolute atomic E-state index is 0.121. The molecule has 0 spiro atoms. The van der Waals surface area contributed by atoms with Crippen LogP contribution in [0.4, 0.5) is 0 Å². The van der Waals surface area contributed by atoms with Gasteiger partial charge in [-0.25, -0.2) is 0 Å². The van der Waals surface area contributed by atoms with Crippen molar-refractivity contribution in [3.63, 3.8) is 0 Å². The number of nitrogens with one attached hydrogen (secondary N) is 1. The van der Waals surface area contributed by atoms with Crippen molar-refractivity contribution in [2.75, 3.05) is 7.05 Å². The first kappa shape index (κ1) is 22.3. The number of nitrogens with zero attached hydrogens (tertiary/aromatic N) is 1. The molecule has 0 heterocycles. The summed E-state index contributed by atoms with van der Waals surface area (Å²) in [7, 11) is 1.58. The van der Waals surface area contributed by atoms with Gasteiger partial charge in [0.25, 0.3) is 0 Å². The zero-order valence-electron chi connectivity index (χ0n) is 16.7. The first-order valence-electron chi connectivity index (χ1n) is 9.28. The molecule has 0 saturated heterocycles. The van der Waals surface area contributed by atoms with Gasteiger partial charge in [-0.3, -0.25) is 9.59 Å². The number of carbonyl (C=O) groups is 2. The molecule has 1 atom stereocenters. The Morgan fingerprint density at radius 2 is 1.79 bits per heavy atom. The number of likely N-dealkylation sites (N-methyl/N-ethyl adjacent to an activating group) is 1. The third-order valence-electron chi connectivity index (χ3n) is 4.91. The van der Waals surface area contributed by atoms with E-state index < -0.39 is 6.04 Å². The Morgan fingerprint density at radius 1 is 1.07 bits per heavy atom. The van der Waals surface area contributed by atoms with Crippen LogP contribution >= 0.6 is 23.2 Å². The number of aryl methyl sites for hydroxylation is 2. The van der Waals surface area contributed by atoms with Gasteiger partial charge in [0.2, 0.25) is 11.8 Å². The van der Waals surface area contributed by atoms with E-state index in [0.717, 1.165) is 16.7 Å². The van der Waals surface area contributed by atoms with Crippen molar-refractivity contribution in [1.82, 2.24) is 10.2 Å². The van der Waals surface area contributed by atoms with Gasteiger partial charge in [0.15, 0.2) is 0 Å². The van der Waals surface area contributed by atoms with Crippen LogP contribution in [0.2, 0.25) is 10.0 Å². The van der Waals surface area contributed by atoms with Crippen molar-refractivity contribution in [2.24, 2.45) is 0 Å². The second kappa shape index (κ2) is 9.94. The molecule has 4 nitrogen and oxygen atoms in total. The number of halogens is 2. The van der Waals surface area contributed by atoms with Gasteiger partial charge in [0, 0.05) is 23.6 Å². The molecule has 1 N–H and O–H groups in total. The van der Waals surface area contributed by atoms with Crippen molar-refractivity contribution in [1.29, 1.82) is 0 Å². The van der Waals surface area contributed by atoms with Crippen molar-refractivity contribution in [3.8, 4) is 0 Å². The van der Waals surface area contributed by atoms with Crippen LogP contribution in [-0.4, -0.2) is 29.8 Å². The molecule has 0 aliphatic carbocycles. The molecule has 28 heavy (non-hydrogen) atoms. The fourth-order valence-corrected chi connectivity index (χ4v) is 3.58. The highest BCUT2D eigenvalue weighted by Gasteiger charge is 2.28. The summed E-state index contributed by atoms with van der Waals surface area (Å²) in [4.78, 5) is 27.2. The molecule has 2 aromatic carbocycles. The van der Waals surface area contributed by atoms with Crippen LogP contribution in [0.25, 0.3) is 0 Å². The van der Waals surface area contributed by atoms with Crippen LogP contribution in [-0.2, 0) is 22.6 Å². The van der Waals surface area contributed by atoms with Gasteiger partial charge >= 0.3 is 0 Å². The summed E-state index contributed by atoms with van der Waals surface area (Å²) >= 11 is 12.3. The molecule has 0 aromatic heterocycles. The minimum Gasteiger partial charge on any atom is -0.357 e. The Labute approximate surface area is 176 Å². The van der Waals surface area contributed by atoms with Crippen LogP contribution in [0.3, 0.4) is 0 Å². The summed E-state index contributed by atoms with van der Waals surface area (Å²) in [6.07, 6.45) is 0.726. The summed E-state index contributed by atoms with van der Waals surface area (Å²) in [5.41, 5.74) is 3.99. The zero-order chi connectivity index (χ0) is 20.8. The second-order valence-corrected chi connectivity index (χ2v) is 7.73. The summed E-state index contributed by atoms with van der Waals surface area (Å²) in [5.74, 6) is -0.314. The highest BCUT2D eigenvalue weighted by molar-refractivity contribution is 6.35. The SMILES string of the molecule is CCC(C(=O)NC)N(Cc1ccc(Cl)cc1Cl)C(=O)Cc1ccc(C)c(C)c1. The molecule has 0 aliphatic rings. The molecule has 2 rings (SSSR count). The Bertz CT molecular complexity index is 868. The van der Waals surface area contributed by atoms with Gasteiger partial charge in [0.1, 0.15) is 6.04 Å². The molecule has 6 heteroatoms. The Morgan fingerprint density at radius 3 is 2.36 bits per heavy atom. The fraction of sp³-hybridized carbons (Fsp3) is 0.364. The maximum Gasteiger partial charge on any atom is 0.242 e. The fourth-order valence-electron chi connectivity index (χ4n) is 3.11. The van der Waals surface area contributed by atoms with E-state index >= 15 is 0 Å². The third-order valence-corrected chi connectivity index (χ3v) is 5.50. The Hall–Kier alpha value is -2.04. The predicted molar refractivity (Wildman–Crippen MR) is 115 cm³/mol. The number of benzene rings is 2. The molecule has 1 unspecified atom stereocenters. The molecular formula is C22H26Cl2N2O2. The largest absolute Gasteiger partial charge is 0.357 e. The molecule has 0 radical (unpaired) electrons. The molecule has 2 aromatic rings. The summed E-state index contributed by atoms with van der Waals surface area (Å²) in [6, 6.07) is 10.6. The maximum absolute atomic E-state index is 13.2. The topological polar surface area (TPSA) is 49.4 Å². The molecule has 0 saturated carbocycles. The van der Waals surface area contributed by atoms with E-state index in [1.54, 1.807) is 30.1 Å². The lowest BCUT2D eigenvalue weighted by Gasteiger charge is -2.30. The standard InChI is InChI=1S/C22H26Cl2N2O2/c1-5-20(22(28)25-4)26(13-17-8-9-18(23)12-19(17)24)21(27)11-16-7-6-14(2)15(3)10-16/h6-10,12,20H,5,11,13H2,1-4H3,(H,25,28). The van der Waals surface area contributed by atoms with Gasteiger partial charge in [-0.2, -0.15) is 0 Å². The quantitative estimate of drug-likeness (QED) is 0.704. The molecule has 2 amide bonds. The first-order valence-corrected chi connectivity index (χ1v) is 10.0. The van der Waals surface area contributed by atoms with E-state index in [0.29, 0.717) is 16.5 Å². The maximum atomic E-state index is 13.2. The normalized spacial score (nSPS) is 11.8. The van der Waals surface area contributed by atoms with E-state index in [1.165, 1.54) is 5.56 Å². The third kappa shape index (κ3) is 5.49. The second-order valence-electron chi connectivity index (χ2n) is 6.89. The number of rotatable bonds is 7. The average molecular weight is 421 g/mol. The van der Waals surface area contributed by atoms with Crippen molar-refractivity contribution >= 4 is 35.0 Å². The zero-order valence-corrected chi connectivity index (χ0v) is 18.2. The van der Waals surface area contributed by atoms with Crippen LogP contribution in [0.15, 0.2) is 36.4 Å². The van der Waals surface area contributed by atoms with Gasteiger partial charge in [0.05, 0.1) is 6.42 Å². The van der Waals surface area contributed by atoms with Crippen LogP contribution < -0.4 is 5.32 Å². The molecular weight excluding hydrogens is 395 g/mol. The van der Waals surface area contributed by atoms with Crippen LogP contribution in [0, 0.1) is 13.8 Å². The molecule has 0 bridgehead atoms. The van der Waals surface area contributed by atoms with Crippen molar-refractivity contribution < 1.29 is 9.59 Å². The Balaban J connectivity index is 2.34. The van der Waals surface area contributed by atoms with E-state index in [4.69, 9.17) is 23.2 Å². The molecule has 0 aliphatic heterocycles. The van der Waals surface area contributed by atoms with Gasteiger partial charge in [-0.05, 0) is 54.7 Å². The number of carbonyl (C=O) groups excluding carboxylic acids is 2. The van der Waals surface area contributed by atoms with Crippen LogP contribution in [0.5, 0.6) is 0 Å². The van der Waals surface area contributed by atoms with Gasteiger partial charge in [-0.15, -0.1) is 0 Å². The molecule has 0 fully saturated rings. The van der Waals surface area contributed by atoms with Crippen molar-refractivity contribution in [3.05, 3.63) is 68.7 Å². The highest BCUT2D eigenvalue weighted by atomic mass is 35.5. The predicted octanol–water partition coefficient (Wildman–Crippen LogP) is 4.71. The lowest BCUT2D eigenvalue weighted by Crippen LogP contribution is -2.48. The van der Waals surface area contributed by atoms with E-state index in [-0.39, 0.29) is 24.8 Å². The van der Waals surface area contributed by atoms with Gasteiger partial charge < -0.3 is 10.2 Å². The smallest absolute Gasteiger partial charge is 0.242 e. The summed E-state index contributed by atoms with van der Waals surface area (Å²) < 4.78 is 0. The first-order chi connectivity index (χ1) is 13.3. The van der Waals surface area contributed by atoms with E-state index in [1.807, 2.05) is 39.0 Å². The van der Waals surface area contributed by atoms with E-state index in [9.17, 15) is 9.59 Å². The number of amides is 2. The van der Waals surface area contributed by atoms with Gasteiger partial charge in [-0.1, -0.05) is 54.4 Å². The number of hydrogen-bond donors (Lipinski definition) is 1. The number of hydrogen-bond acceptors (Lipinski definition) is 2. The van der Waals surface area contributed by atoms with Crippen molar-refractivity contribution in [2.45, 2.75) is 46.2 Å². The monoisotopic (exact) mass is 420 g/mol. The lowest BCUT2D eigenvalue weighted by atomic mass is 10.0. The highest BCUT2D eigenvalue weighted by Crippen LogP contribution is 2.24. The molecule has 150 valence electrons. The lowest BCUT2D eigenvalue weighted by molar-refractivity contribution is -0.140. The minimum atomic E-state index is -0.573.